The maximum atomic E-state index is 12.2. The summed E-state index contributed by atoms with van der Waals surface area (Å²) in [4.78, 5) is 14.2. The molecule has 130 valence electrons. The van der Waals surface area contributed by atoms with E-state index in [9.17, 15) is 4.79 Å². The first-order valence-corrected chi connectivity index (χ1v) is 8.51. The molecule has 0 saturated carbocycles. The molecule has 1 atom stereocenters. The van der Waals surface area contributed by atoms with Crippen molar-refractivity contribution < 1.29 is 4.79 Å². The summed E-state index contributed by atoms with van der Waals surface area (Å²) >= 11 is 0. The van der Waals surface area contributed by atoms with Gasteiger partial charge >= 0.3 is 0 Å². The lowest BCUT2D eigenvalue weighted by molar-refractivity contribution is -0.131. The Labute approximate surface area is 142 Å². The molecule has 1 aliphatic rings. The number of nitrogens with one attached hydrogen (secondary N) is 1. The van der Waals surface area contributed by atoms with Crippen molar-refractivity contribution in [3.63, 3.8) is 0 Å². The van der Waals surface area contributed by atoms with E-state index < -0.39 is 0 Å². The van der Waals surface area contributed by atoms with E-state index in [0.29, 0.717) is 18.3 Å². The lowest BCUT2D eigenvalue weighted by Gasteiger charge is -2.32. The first-order valence-electron chi connectivity index (χ1n) is 8.51. The number of rotatable bonds is 4. The van der Waals surface area contributed by atoms with Gasteiger partial charge in [0.25, 0.3) is 0 Å². The average molecular weight is 330 g/mol. The number of aromatic nitrogens is 4. The molecule has 7 heteroatoms. The summed E-state index contributed by atoms with van der Waals surface area (Å²) in [6, 6.07) is 2.03. The number of nitrogens with zero attached hydrogens (tertiary/aromatic N) is 5. The zero-order valence-electron chi connectivity index (χ0n) is 15.1. The fourth-order valence-electron chi connectivity index (χ4n) is 3.08. The van der Waals surface area contributed by atoms with E-state index in [-0.39, 0.29) is 11.4 Å². The first kappa shape index (κ1) is 16.7. The lowest BCUT2D eigenvalue weighted by Crippen LogP contribution is -2.42. The molecule has 1 amide bonds. The van der Waals surface area contributed by atoms with Crippen molar-refractivity contribution in [2.45, 2.75) is 52.5 Å². The molecule has 3 heterocycles. The van der Waals surface area contributed by atoms with Gasteiger partial charge in [0.15, 0.2) is 0 Å². The Kier molecular flexibility index (Phi) is 4.19. The second-order valence-electron chi connectivity index (χ2n) is 7.86. The molecular weight excluding hydrogens is 304 g/mol. The van der Waals surface area contributed by atoms with Crippen LogP contribution in [0.15, 0.2) is 12.4 Å². The van der Waals surface area contributed by atoms with Crippen LogP contribution in [-0.2, 0) is 4.79 Å². The van der Waals surface area contributed by atoms with Crippen LogP contribution in [0.2, 0.25) is 0 Å². The summed E-state index contributed by atoms with van der Waals surface area (Å²) in [5.74, 6) is 0.858. The molecule has 24 heavy (non-hydrogen) atoms. The normalized spacial score (nSPS) is 18.8. The summed E-state index contributed by atoms with van der Waals surface area (Å²) in [5, 5.41) is 16.1. The van der Waals surface area contributed by atoms with Crippen LogP contribution in [0, 0.1) is 5.92 Å². The molecule has 2 aromatic rings. The van der Waals surface area contributed by atoms with Crippen LogP contribution < -0.4 is 5.32 Å². The van der Waals surface area contributed by atoms with Gasteiger partial charge < -0.3 is 10.2 Å². The van der Waals surface area contributed by atoms with E-state index in [1.165, 1.54) is 0 Å². The maximum absolute atomic E-state index is 12.2. The summed E-state index contributed by atoms with van der Waals surface area (Å²) in [5.41, 5.74) is 2.51. The predicted octanol–water partition coefficient (Wildman–Crippen LogP) is 2.31. The van der Waals surface area contributed by atoms with Crippen molar-refractivity contribution in [2.75, 3.05) is 18.4 Å². The number of amides is 1. The molecule has 1 fully saturated rings. The van der Waals surface area contributed by atoms with Gasteiger partial charge in [0.05, 0.1) is 11.4 Å². The first-order chi connectivity index (χ1) is 11.3. The fraction of sp³-hybridized carbons (Fsp3) is 0.647. The van der Waals surface area contributed by atoms with Crippen molar-refractivity contribution in [3.8, 4) is 0 Å². The van der Waals surface area contributed by atoms with Gasteiger partial charge in [-0.15, -0.1) is 10.2 Å². The molecule has 3 rings (SSSR count). The number of hydrogen-bond donors (Lipinski definition) is 1. The highest BCUT2D eigenvalue weighted by atomic mass is 16.2. The molecule has 0 radical (unpaired) electrons. The van der Waals surface area contributed by atoms with E-state index >= 15 is 0 Å². The number of carbonyl (C=O) groups excluding carboxylic acids is 1. The molecule has 1 unspecified atom stereocenters. The summed E-state index contributed by atoms with van der Waals surface area (Å²) in [6.45, 7) is 12.0. The van der Waals surface area contributed by atoms with Crippen LogP contribution >= 0.6 is 0 Å². The fourth-order valence-corrected chi connectivity index (χ4v) is 3.08. The largest absolute Gasteiger partial charge is 0.382 e. The SMILES string of the molecule is CC(C)c1cc(NCC2CC(=O)N(C(C)(C)C)C2)c2nncn2n1. The van der Waals surface area contributed by atoms with Gasteiger partial charge in [0, 0.05) is 31.0 Å². The Morgan fingerprint density at radius 3 is 2.75 bits per heavy atom. The van der Waals surface area contributed by atoms with Crippen molar-refractivity contribution in [3.05, 3.63) is 18.1 Å². The Bertz CT molecular complexity index is 745. The lowest BCUT2D eigenvalue weighted by atomic mass is 10.1. The second kappa shape index (κ2) is 6.03. The Morgan fingerprint density at radius 1 is 1.38 bits per heavy atom. The smallest absolute Gasteiger partial charge is 0.223 e. The Balaban J connectivity index is 1.75. The molecular formula is C17H26N6O. The molecule has 1 N–H and O–H groups in total. The van der Waals surface area contributed by atoms with Crippen LogP contribution in [0.25, 0.3) is 5.65 Å². The highest BCUT2D eigenvalue weighted by Crippen LogP contribution is 2.27. The third kappa shape index (κ3) is 3.20. The number of likely N-dealkylation sites (tertiary alicyclic amines) is 1. The van der Waals surface area contributed by atoms with Crippen molar-refractivity contribution in [1.29, 1.82) is 0 Å². The highest BCUT2D eigenvalue weighted by Gasteiger charge is 2.35. The molecule has 1 aliphatic heterocycles. The minimum Gasteiger partial charge on any atom is -0.382 e. The van der Waals surface area contributed by atoms with Crippen LogP contribution in [0.3, 0.4) is 0 Å². The van der Waals surface area contributed by atoms with E-state index in [0.717, 1.165) is 30.1 Å². The standard InChI is InChI=1S/C17H26N6O/c1-11(2)13-7-14(16-20-19-10-23(16)21-13)18-8-12-6-15(24)22(9-12)17(3,4)5/h7,10-12,18H,6,8-9H2,1-5H3. The van der Waals surface area contributed by atoms with Gasteiger partial charge in [-0.3, -0.25) is 4.79 Å². The van der Waals surface area contributed by atoms with Gasteiger partial charge in [-0.25, -0.2) is 0 Å². The van der Waals surface area contributed by atoms with Gasteiger partial charge in [-0.2, -0.15) is 9.61 Å². The molecule has 7 nitrogen and oxygen atoms in total. The second-order valence-corrected chi connectivity index (χ2v) is 7.86. The quantitative estimate of drug-likeness (QED) is 0.931. The number of hydrogen-bond acceptors (Lipinski definition) is 5. The van der Waals surface area contributed by atoms with Crippen LogP contribution in [0.4, 0.5) is 5.69 Å². The molecule has 0 bridgehead atoms. The van der Waals surface area contributed by atoms with Crippen molar-refractivity contribution in [2.24, 2.45) is 5.92 Å². The van der Waals surface area contributed by atoms with Gasteiger partial charge in [0.1, 0.15) is 6.33 Å². The van der Waals surface area contributed by atoms with E-state index in [1.54, 1.807) is 10.8 Å². The number of fused-ring (bicyclic) bond motifs is 1. The summed E-state index contributed by atoms with van der Waals surface area (Å²) < 4.78 is 1.71. The number of anilines is 1. The third-order valence-corrected chi connectivity index (χ3v) is 4.47. The summed E-state index contributed by atoms with van der Waals surface area (Å²) in [6.07, 6.45) is 2.21. The van der Waals surface area contributed by atoms with Gasteiger partial charge in [-0.1, -0.05) is 13.8 Å². The molecule has 2 aromatic heterocycles. The number of carbonyl (C=O) groups is 1. The van der Waals surface area contributed by atoms with E-state index in [2.05, 4.69) is 55.2 Å². The zero-order valence-corrected chi connectivity index (χ0v) is 15.1. The molecule has 0 aromatic carbocycles. The van der Waals surface area contributed by atoms with Crippen LogP contribution in [0.1, 0.15) is 52.7 Å². The summed E-state index contributed by atoms with van der Waals surface area (Å²) in [7, 11) is 0. The van der Waals surface area contributed by atoms with Crippen molar-refractivity contribution >= 4 is 17.2 Å². The van der Waals surface area contributed by atoms with Crippen molar-refractivity contribution in [1.82, 2.24) is 24.7 Å². The van der Waals surface area contributed by atoms with Crippen LogP contribution in [-0.4, -0.2) is 49.2 Å². The predicted molar refractivity (Wildman–Crippen MR) is 92.9 cm³/mol. The van der Waals surface area contributed by atoms with E-state index in [4.69, 9.17) is 0 Å². The highest BCUT2D eigenvalue weighted by molar-refractivity contribution is 5.79. The minimum atomic E-state index is -0.117. The molecule has 0 spiro atoms. The van der Waals surface area contributed by atoms with Gasteiger partial charge in [0.2, 0.25) is 11.6 Å². The minimum absolute atomic E-state index is 0.117. The zero-order chi connectivity index (χ0) is 17.5. The average Bonchev–Trinajstić information content (AvgIpc) is 3.09. The third-order valence-electron chi connectivity index (χ3n) is 4.47. The Hall–Kier alpha value is -2.18. The molecule has 0 aliphatic carbocycles. The Morgan fingerprint density at radius 2 is 2.12 bits per heavy atom. The van der Waals surface area contributed by atoms with E-state index in [1.807, 2.05) is 11.0 Å². The molecule has 1 saturated heterocycles. The van der Waals surface area contributed by atoms with Crippen LogP contribution in [0.5, 0.6) is 0 Å². The van der Waals surface area contributed by atoms with Gasteiger partial charge in [-0.05, 0) is 32.8 Å². The monoisotopic (exact) mass is 330 g/mol. The maximum Gasteiger partial charge on any atom is 0.223 e. The topological polar surface area (TPSA) is 75.4 Å².